The monoisotopic (exact) mass is 488 g/mol. The van der Waals surface area contributed by atoms with Crippen molar-refractivity contribution in [2.24, 2.45) is 17.3 Å². The number of benzene rings is 1. The topological polar surface area (TPSA) is 57.5 Å². The molecule has 4 aliphatic rings. The summed E-state index contributed by atoms with van der Waals surface area (Å²) in [7, 11) is 0. The molecule has 2 N–H and O–H groups in total. The molecule has 4 heteroatoms. The first-order valence-electron chi connectivity index (χ1n) is 13.4. The first-order chi connectivity index (χ1) is 16.9. The highest BCUT2D eigenvalue weighted by Crippen LogP contribution is 2.67. The quantitative estimate of drug-likeness (QED) is 0.486. The predicted molar refractivity (Wildman–Crippen MR) is 141 cm³/mol. The van der Waals surface area contributed by atoms with Crippen molar-refractivity contribution in [1.82, 2.24) is 0 Å². The zero-order valence-electron chi connectivity index (χ0n) is 20.6. The number of carbonyl (C=O) groups excluding carboxylic acids is 1. The van der Waals surface area contributed by atoms with E-state index in [0.29, 0.717) is 31.1 Å². The van der Waals surface area contributed by atoms with Crippen molar-refractivity contribution in [3.05, 3.63) is 69.5 Å². The van der Waals surface area contributed by atoms with Crippen LogP contribution in [0.5, 0.6) is 0 Å². The maximum absolute atomic E-state index is 12.2. The predicted octanol–water partition coefficient (Wildman–Crippen LogP) is 6.82. The van der Waals surface area contributed by atoms with Crippen LogP contribution in [0.4, 0.5) is 0 Å². The molecule has 0 aliphatic heterocycles. The average molecular weight is 489 g/mol. The van der Waals surface area contributed by atoms with Crippen LogP contribution in [0.1, 0.15) is 76.2 Å². The Bertz CT molecular complexity index is 1170. The number of allylic oxidation sites excluding steroid dienone is 4. The van der Waals surface area contributed by atoms with Crippen molar-refractivity contribution < 1.29 is 15.0 Å². The summed E-state index contributed by atoms with van der Waals surface area (Å²) in [6, 6.07) is 11.3. The maximum atomic E-state index is 12.2. The van der Waals surface area contributed by atoms with E-state index >= 15 is 0 Å². The van der Waals surface area contributed by atoms with Crippen molar-refractivity contribution in [2.75, 3.05) is 6.61 Å². The van der Waals surface area contributed by atoms with E-state index in [9.17, 15) is 15.0 Å². The van der Waals surface area contributed by atoms with Gasteiger partial charge in [-0.25, -0.2) is 0 Å². The number of hydrogen-bond acceptors (Lipinski definition) is 4. The Labute approximate surface area is 212 Å². The molecule has 4 aliphatic carbocycles. The Morgan fingerprint density at radius 3 is 2.63 bits per heavy atom. The van der Waals surface area contributed by atoms with Crippen LogP contribution in [0.15, 0.2) is 63.9 Å². The standard InChI is InChI=1S/C31H36O3S/c1-30-18-27(21-5-3-20(4-6-21)23-12-16-35-19-23)29-25-10-8-24(33)17-22(25)7-9-26(29)28(30)11-14-31(30,34)13-2-15-32/h3-6,12,16-17,19,26-28,32,34H,2,7-11,13-15,18H2,1H3/t26?,27?,28?,30-,31-/m1/s1. The third kappa shape index (κ3) is 3.72. The van der Waals surface area contributed by atoms with Gasteiger partial charge in [0.1, 0.15) is 0 Å². The van der Waals surface area contributed by atoms with Crippen molar-refractivity contribution >= 4 is 17.1 Å². The molecule has 0 spiro atoms. The molecule has 2 saturated carbocycles. The number of fused-ring (bicyclic) bond motifs is 4. The molecular weight excluding hydrogens is 452 g/mol. The van der Waals surface area contributed by atoms with Crippen molar-refractivity contribution in [1.29, 1.82) is 0 Å². The minimum atomic E-state index is -0.718. The zero-order chi connectivity index (χ0) is 24.2. The lowest BCUT2D eigenvalue weighted by atomic mass is 9.51. The van der Waals surface area contributed by atoms with Crippen LogP contribution in [-0.2, 0) is 4.79 Å². The van der Waals surface area contributed by atoms with Gasteiger partial charge >= 0.3 is 0 Å². The summed E-state index contributed by atoms with van der Waals surface area (Å²) < 4.78 is 0. The van der Waals surface area contributed by atoms with Gasteiger partial charge in [0.05, 0.1) is 5.60 Å². The lowest BCUT2D eigenvalue weighted by Crippen LogP contribution is -2.51. The fraction of sp³-hybridized carbons (Fsp3) is 0.516. The highest BCUT2D eigenvalue weighted by Gasteiger charge is 2.62. The SMILES string of the molecule is C[C@@]12CC(c3ccc(-c4ccsc4)cc3)C3=C4CCC(=O)C=C4CCC3C1CC[C@]2(O)CCCO. The molecule has 1 aromatic carbocycles. The molecule has 2 aromatic rings. The van der Waals surface area contributed by atoms with Crippen LogP contribution in [0.25, 0.3) is 11.1 Å². The highest BCUT2D eigenvalue weighted by molar-refractivity contribution is 7.08. The van der Waals surface area contributed by atoms with Gasteiger partial charge in [-0.05, 0) is 114 Å². The number of carbonyl (C=O) groups is 1. The maximum Gasteiger partial charge on any atom is 0.156 e. The molecule has 0 bridgehead atoms. The van der Waals surface area contributed by atoms with Gasteiger partial charge in [0.2, 0.25) is 0 Å². The summed E-state index contributed by atoms with van der Waals surface area (Å²) in [5.74, 6) is 1.48. The summed E-state index contributed by atoms with van der Waals surface area (Å²) in [5.41, 5.74) is 7.28. The lowest BCUT2D eigenvalue weighted by Gasteiger charge is -2.55. The van der Waals surface area contributed by atoms with Crippen LogP contribution in [0.3, 0.4) is 0 Å². The summed E-state index contributed by atoms with van der Waals surface area (Å²) in [4.78, 5) is 12.2. The van der Waals surface area contributed by atoms with Gasteiger partial charge in [-0.2, -0.15) is 11.3 Å². The number of ketones is 1. The van der Waals surface area contributed by atoms with Crippen LogP contribution < -0.4 is 0 Å². The number of rotatable bonds is 5. The third-order valence-corrected chi connectivity index (χ3v) is 10.7. The molecule has 5 atom stereocenters. The molecule has 3 unspecified atom stereocenters. The number of hydrogen-bond donors (Lipinski definition) is 2. The molecule has 35 heavy (non-hydrogen) atoms. The van der Waals surface area contributed by atoms with Gasteiger partial charge in [0.25, 0.3) is 0 Å². The molecule has 1 aromatic heterocycles. The summed E-state index contributed by atoms with van der Waals surface area (Å²) in [6.07, 6.45) is 9.66. The number of thiophene rings is 1. The second-order valence-corrected chi connectivity index (χ2v) is 12.3. The minimum Gasteiger partial charge on any atom is -0.396 e. The van der Waals surface area contributed by atoms with Crippen LogP contribution >= 0.6 is 11.3 Å². The summed E-state index contributed by atoms with van der Waals surface area (Å²) in [5, 5.41) is 25.8. The fourth-order valence-corrected chi connectivity index (χ4v) is 8.84. The molecule has 1 heterocycles. The van der Waals surface area contributed by atoms with Gasteiger partial charge in [0.15, 0.2) is 5.78 Å². The van der Waals surface area contributed by atoms with Gasteiger partial charge in [-0.1, -0.05) is 36.8 Å². The Hall–Kier alpha value is -2.01. The molecule has 2 fully saturated rings. The van der Waals surface area contributed by atoms with Gasteiger partial charge in [-0.15, -0.1) is 0 Å². The van der Waals surface area contributed by atoms with Crippen LogP contribution in [0.2, 0.25) is 0 Å². The van der Waals surface area contributed by atoms with Crippen molar-refractivity contribution in [2.45, 2.75) is 76.2 Å². The Morgan fingerprint density at radius 1 is 1.06 bits per heavy atom. The van der Waals surface area contributed by atoms with Crippen LogP contribution in [0, 0.1) is 17.3 Å². The van der Waals surface area contributed by atoms with E-state index in [1.165, 1.54) is 27.8 Å². The van der Waals surface area contributed by atoms with Crippen LogP contribution in [-0.4, -0.2) is 28.2 Å². The Balaban J connectivity index is 1.46. The molecule has 0 radical (unpaired) electrons. The average Bonchev–Trinajstić information content (AvgIpc) is 3.49. The van der Waals surface area contributed by atoms with E-state index in [1.807, 2.05) is 6.08 Å². The van der Waals surface area contributed by atoms with E-state index in [-0.39, 0.29) is 23.7 Å². The molecular formula is C31H36O3S. The van der Waals surface area contributed by atoms with E-state index in [1.54, 1.807) is 16.9 Å². The summed E-state index contributed by atoms with van der Waals surface area (Å²) >= 11 is 1.72. The van der Waals surface area contributed by atoms with E-state index in [0.717, 1.165) is 38.5 Å². The smallest absolute Gasteiger partial charge is 0.156 e. The molecule has 0 saturated heterocycles. The van der Waals surface area contributed by atoms with Gasteiger partial charge in [0, 0.05) is 24.4 Å². The number of aliphatic hydroxyl groups excluding tert-OH is 1. The molecule has 6 rings (SSSR count). The second kappa shape index (κ2) is 8.83. The minimum absolute atomic E-state index is 0.136. The van der Waals surface area contributed by atoms with E-state index in [2.05, 4.69) is 48.0 Å². The first kappa shape index (κ1) is 23.4. The number of aliphatic hydroxyl groups is 2. The fourth-order valence-electron chi connectivity index (χ4n) is 8.17. The normalized spacial score (nSPS) is 34.3. The molecule has 3 nitrogen and oxygen atoms in total. The van der Waals surface area contributed by atoms with E-state index in [4.69, 9.17) is 0 Å². The molecule has 0 amide bonds. The van der Waals surface area contributed by atoms with E-state index < -0.39 is 5.60 Å². The first-order valence-corrected chi connectivity index (χ1v) is 14.3. The van der Waals surface area contributed by atoms with Crippen molar-refractivity contribution in [3.63, 3.8) is 0 Å². The Morgan fingerprint density at radius 2 is 1.89 bits per heavy atom. The molecule has 184 valence electrons. The zero-order valence-corrected chi connectivity index (χ0v) is 21.4. The van der Waals surface area contributed by atoms with Gasteiger partial charge in [-0.3, -0.25) is 4.79 Å². The summed E-state index contributed by atoms with van der Waals surface area (Å²) in [6.45, 7) is 2.48. The Kier molecular flexibility index (Phi) is 5.90. The lowest BCUT2D eigenvalue weighted by molar-refractivity contribution is -0.114. The van der Waals surface area contributed by atoms with Gasteiger partial charge < -0.3 is 10.2 Å². The second-order valence-electron chi connectivity index (χ2n) is 11.5. The third-order valence-electron chi connectivity index (χ3n) is 9.97. The van der Waals surface area contributed by atoms with Crippen molar-refractivity contribution in [3.8, 4) is 11.1 Å². The highest BCUT2D eigenvalue weighted by atomic mass is 32.1. The largest absolute Gasteiger partial charge is 0.396 e.